The average molecular weight is 250 g/mol. The van der Waals surface area contributed by atoms with Crippen LogP contribution >= 0.6 is 12.2 Å². The first-order chi connectivity index (χ1) is 7.95. The molecule has 2 N–H and O–H groups in total. The molecule has 94 valence electrons. The lowest BCUT2D eigenvalue weighted by molar-refractivity contribution is 0.224. The predicted molar refractivity (Wildman–Crippen MR) is 78.3 cm³/mol. The normalized spacial score (nSPS) is 11.2. The van der Waals surface area contributed by atoms with Gasteiger partial charge in [-0.1, -0.05) is 31.3 Å². The first-order valence-corrected chi connectivity index (χ1v) is 6.50. The van der Waals surface area contributed by atoms with Gasteiger partial charge in [0.15, 0.2) is 0 Å². The molecule has 0 unspecified atom stereocenters. The zero-order valence-electron chi connectivity index (χ0n) is 11.2. The summed E-state index contributed by atoms with van der Waals surface area (Å²) in [6.07, 6.45) is 0. The number of nitrogens with two attached hydrogens (primary N) is 1. The Kier molecular flexibility index (Phi) is 5.09. The van der Waals surface area contributed by atoms with Gasteiger partial charge in [-0.2, -0.15) is 0 Å². The lowest BCUT2D eigenvalue weighted by atomic mass is 10.0. The summed E-state index contributed by atoms with van der Waals surface area (Å²) in [5.74, 6) is 0. The van der Waals surface area contributed by atoms with E-state index in [0.29, 0.717) is 11.0 Å². The summed E-state index contributed by atoms with van der Waals surface area (Å²) in [7, 11) is 0. The van der Waals surface area contributed by atoms with Gasteiger partial charge in [-0.15, -0.1) is 0 Å². The minimum absolute atomic E-state index is 0.468. The summed E-state index contributed by atoms with van der Waals surface area (Å²) in [6.45, 7) is 10.8. The van der Waals surface area contributed by atoms with Crippen molar-refractivity contribution < 1.29 is 0 Å². The first-order valence-electron chi connectivity index (χ1n) is 6.09. The SMILES string of the molecule is CCN(Cc1ccc(C(N)=S)cc1C)C(C)C. The third-order valence-electron chi connectivity index (χ3n) is 3.14. The molecule has 0 radical (unpaired) electrons. The van der Waals surface area contributed by atoms with Gasteiger partial charge in [0.25, 0.3) is 0 Å². The van der Waals surface area contributed by atoms with Crippen molar-refractivity contribution in [2.45, 2.75) is 40.3 Å². The maximum Gasteiger partial charge on any atom is 0.103 e. The molecule has 0 saturated heterocycles. The molecule has 0 fully saturated rings. The van der Waals surface area contributed by atoms with Gasteiger partial charge in [0.1, 0.15) is 4.99 Å². The second-order valence-corrected chi connectivity index (χ2v) is 5.10. The van der Waals surface area contributed by atoms with Crippen LogP contribution in [0.4, 0.5) is 0 Å². The summed E-state index contributed by atoms with van der Waals surface area (Å²) in [6, 6.07) is 6.79. The molecule has 17 heavy (non-hydrogen) atoms. The molecular formula is C14H22N2S. The Morgan fingerprint density at radius 3 is 2.47 bits per heavy atom. The highest BCUT2D eigenvalue weighted by molar-refractivity contribution is 7.80. The number of hydrogen-bond acceptors (Lipinski definition) is 2. The molecule has 0 heterocycles. The summed E-state index contributed by atoms with van der Waals surface area (Å²) in [4.78, 5) is 2.90. The minimum atomic E-state index is 0.468. The van der Waals surface area contributed by atoms with E-state index in [1.807, 2.05) is 6.07 Å². The van der Waals surface area contributed by atoms with Gasteiger partial charge in [-0.25, -0.2) is 0 Å². The van der Waals surface area contributed by atoms with E-state index in [-0.39, 0.29) is 0 Å². The van der Waals surface area contributed by atoms with Crippen LogP contribution in [0.5, 0.6) is 0 Å². The van der Waals surface area contributed by atoms with Crippen LogP contribution < -0.4 is 5.73 Å². The number of benzene rings is 1. The smallest absolute Gasteiger partial charge is 0.103 e. The van der Waals surface area contributed by atoms with Crippen molar-refractivity contribution in [2.24, 2.45) is 5.73 Å². The quantitative estimate of drug-likeness (QED) is 0.815. The Morgan fingerprint density at radius 1 is 1.41 bits per heavy atom. The Bertz CT molecular complexity index is 399. The molecule has 0 atom stereocenters. The van der Waals surface area contributed by atoms with Crippen LogP contribution in [0.1, 0.15) is 37.5 Å². The second-order valence-electron chi connectivity index (χ2n) is 4.66. The van der Waals surface area contributed by atoms with Crippen molar-refractivity contribution in [3.05, 3.63) is 34.9 Å². The highest BCUT2D eigenvalue weighted by Crippen LogP contribution is 2.15. The predicted octanol–water partition coefficient (Wildman–Crippen LogP) is 2.86. The fraction of sp³-hybridized carbons (Fsp3) is 0.500. The molecule has 1 rings (SSSR count). The monoisotopic (exact) mass is 250 g/mol. The fourth-order valence-electron chi connectivity index (χ4n) is 1.90. The maximum atomic E-state index is 5.63. The van der Waals surface area contributed by atoms with E-state index >= 15 is 0 Å². The molecule has 0 aliphatic carbocycles. The third-order valence-corrected chi connectivity index (χ3v) is 3.37. The summed E-state index contributed by atoms with van der Waals surface area (Å²) in [5, 5.41) is 0. The number of nitrogens with zero attached hydrogens (tertiary/aromatic N) is 1. The van der Waals surface area contributed by atoms with Crippen LogP contribution in [0, 0.1) is 6.92 Å². The van der Waals surface area contributed by atoms with Gasteiger partial charge in [-0.05, 0) is 44.5 Å². The van der Waals surface area contributed by atoms with Crippen molar-refractivity contribution in [3.8, 4) is 0 Å². The van der Waals surface area contributed by atoms with Crippen molar-refractivity contribution >= 4 is 17.2 Å². The lowest BCUT2D eigenvalue weighted by Gasteiger charge is -2.25. The molecular weight excluding hydrogens is 228 g/mol. The van der Waals surface area contributed by atoms with E-state index in [1.165, 1.54) is 11.1 Å². The lowest BCUT2D eigenvalue weighted by Crippen LogP contribution is -2.30. The molecule has 3 heteroatoms. The zero-order valence-corrected chi connectivity index (χ0v) is 12.0. The third kappa shape index (κ3) is 3.79. The van der Waals surface area contributed by atoms with E-state index in [2.05, 4.69) is 44.7 Å². The molecule has 2 nitrogen and oxygen atoms in total. The first kappa shape index (κ1) is 14.1. The molecule has 0 saturated carbocycles. The molecule has 1 aromatic carbocycles. The van der Waals surface area contributed by atoms with Crippen molar-refractivity contribution in [1.82, 2.24) is 4.90 Å². The Hall–Kier alpha value is -0.930. The van der Waals surface area contributed by atoms with Crippen LogP contribution in [0.3, 0.4) is 0 Å². The highest BCUT2D eigenvalue weighted by Gasteiger charge is 2.09. The second kappa shape index (κ2) is 6.12. The van der Waals surface area contributed by atoms with E-state index in [9.17, 15) is 0 Å². The van der Waals surface area contributed by atoms with Crippen LogP contribution in [0.2, 0.25) is 0 Å². The van der Waals surface area contributed by atoms with Crippen molar-refractivity contribution in [1.29, 1.82) is 0 Å². The van der Waals surface area contributed by atoms with Crippen LogP contribution in [0.15, 0.2) is 18.2 Å². The largest absolute Gasteiger partial charge is 0.389 e. The maximum absolute atomic E-state index is 5.63. The fourth-order valence-corrected chi connectivity index (χ4v) is 2.03. The molecule has 1 aromatic rings. The molecule has 0 amide bonds. The van der Waals surface area contributed by atoms with E-state index < -0.39 is 0 Å². The summed E-state index contributed by atoms with van der Waals surface area (Å²) >= 11 is 4.98. The van der Waals surface area contributed by atoms with Gasteiger partial charge in [0.05, 0.1) is 0 Å². The van der Waals surface area contributed by atoms with E-state index in [0.717, 1.165) is 18.7 Å². The Balaban J connectivity index is 2.89. The van der Waals surface area contributed by atoms with Crippen LogP contribution in [-0.2, 0) is 6.54 Å². The average Bonchev–Trinajstić information content (AvgIpc) is 2.26. The number of hydrogen-bond donors (Lipinski definition) is 1. The van der Waals surface area contributed by atoms with Crippen LogP contribution in [0.25, 0.3) is 0 Å². The molecule has 0 bridgehead atoms. The Morgan fingerprint density at radius 2 is 2.06 bits per heavy atom. The van der Waals surface area contributed by atoms with Crippen LogP contribution in [-0.4, -0.2) is 22.5 Å². The molecule has 0 aliphatic rings. The summed E-state index contributed by atoms with van der Waals surface area (Å²) < 4.78 is 0. The zero-order chi connectivity index (χ0) is 13.0. The number of thiocarbonyl (C=S) groups is 1. The molecule has 0 aromatic heterocycles. The summed E-state index contributed by atoms with van der Waals surface area (Å²) in [5.41, 5.74) is 9.19. The van der Waals surface area contributed by atoms with Crippen molar-refractivity contribution in [2.75, 3.05) is 6.54 Å². The van der Waals surface area contributed by atoms with E-state index in [4.69, 9.17) is 18.0 Å². The topological polar surface area (TPSA) is 29.3 Å². The number of rotatable bonds is 5. The van der Waals surface area contributed by atoms with Gasteiger partial charge < -0.3 is 5.73 Å². The van der Waals surface area contributed by atoms with Gasteiger partial charge >= 0.3 is 0 Å². The van der Waals surface area contributed by atoms with Gasteiger partial charge in [0.2, 0.25) is 0 Å². The molecule has 0 aliphatic heterocycles. The minimum Gasteiger partial charge on any atom is -0.389 e. The van der Waals surface area contributed by atoms with Gasteiger partial charge in [-0.3, -0.25) is 4.90 Å². The molecule has 0 spiro atoms. The van der Waals surface area contributed by atoms with E-state index in [1.54, 1.807) is 0 Å². The van der Waals surface area contributed by atoms with Crippen molar-refractivity contribution in [3.63, 3.8) is 0 Å². The number of aryl methyl sites for hydroxylation is 1. The standard InChI is InChI=1S/C14H22N2S/c1-5-16(10(2)3)9-13-7-6-12(14(15)17)8-11(13)4/h6-8,10H,5,9H2,1-4H3,(H2,15,17). The van der Waals surface area contributed by atoms with Gasteiger partial charge in [0, 0.05) is 18.2 Å². The Labute approximate surface area is 110 Å². The highest BCUT2D eigenvalue weighted by atomic mass is 32.1.